The Labute approximate surface area is 216 Å². The summed E-state index contributed by atoms with van der Waals surface area (Å²) >= 11 is 0. The molecule has 9 nitrogen and oxygen atoms in total. The van der Waals surface area contributed by atoms with E-state index in [0.717, 1.165) is 5.57 Å². The van der Waals surface area contributed by atoms with Gasteiger partial charge in [-0.2, -0.15) is 0 Å². The van der Waals surface area contributed by atoms with Gasteiger partial charge in [-0.1, -0.05) is 32.1 Å². The first-order chi connectivity index (χ1) is 17.6. The summed E-state index contributed by atoms with van der Waals surface area (Å²) < 4.78 is 24.2. The number of carbonyl (C=O) groups is 2. The third-order valence-electron chi connectivity index (χ3n) is 8.94. The lowest BCUT2D eigenvalue weighted by molar-refractivity contribution is -0.172. The highest BCUT2D eigenvalue weighted by molar-refractivity contribution is 5.87. The minimum atomic E-state index is -0.933. The highest BCUT2D eigenvalue weighted by atomic mass is 16.6. The standard InChI is InChI=1S/C28H37NO8/c1-13-11-14(2)28-17(12-20(34-5)27(33)35-23(13)16(4)30)8-9-18-21(28)22(31)15(3)24(25(18)37-28)36-26(32)19-7-6-10-29-19/h6-11,13,15-18,20-25,29-31H,12H2,1-5H3/b14-11+/t13-,15+,16-,17-,18-,20+,21-,22-,23+,24+,25-,28-/m1/s1. The van der Waals surface area contributed by atoms with Crippen molar-refractivity contribution in [2.45, 2.75) is 76.3 Å². The number of esters is 2. The molecule has 0 aromatic carbocycles. The molecule has 2 aliphatic carbocycles. The van der Waals surface area contributed by atoms with Crippen LogP contribution in [0.2, 0.25) is 0 Å². The SMILES string of the molecule is CO[C@H]1C[C@H]2C=C[C@H]3[C@H]4O[C@@]2(/C(C)=C/[C@@H](C)[C@@H]([C@@H](C)O)OC1=O)[C@H]3[C@H](O)[C@H](C)[C@@H]4OC(=O)c1ccc[nH]1. The number of aliphatic hydroxyl groups is 2. The smallest absolute Gasteiger partial charge is 0.355 e. The Morgan fingerprint density at radius 3 is 2.70 bits per heavy atom. The van der Waals surface area contributed by atoms with Gasteiger partial charge in [0.2, 0.25) is 0 Å². The quantitative estimate of drug-likeness (QED) is 0.412. The Kier molecular flexibility index (Phi) is 6.85. The molecule has 1 spiro atoms. The van der Waals surface area contributed by atoms with Crippen LogP contribution in [0.5, 0.6) is 0 Å². The van der Waals surface area contributed by atoms with Gasteiger partial charge < -0.3 is 34.1 Å². The molecule has 0 amide bonds. The summed E-state index contributed by atoms with van der Waals surface area (Å²) in [6.45, 7) is 7.35. The van der Waals surface area contributed by atoms with Crippen LogP contribution in [0, 0.1) is 29.6 Å². The van der Waals surface area contributed by atoms with E-state index in [2.05, 4.69) is 4.98 Å². The largest absolute Gasteiger partial charge is 0.457 e. The third kappa shape index (κ3) is 4.07. The first kappa shape index (κ1) is 26.2. The summed E-state index contributed by atoms with van der Waals surface area (Å²) in [5.74, 6) is -2.49. The van der Waals surface area contributed by atoms with E-state index in [1.165, 1.54) is 7.11 Å². The summed E-state index contributed by atoms with van der Waals surface area (Å²) in [6.07, 6.45) is 3.53. The normalized spacial score (nSPS) is 45.3. The summed E-state index contributed by atoms with van der Waals surface area (Å²) in [7, 11) is 1.46. The molecule has 1 aromatic heterocycles. The van der Waals surface area contributed by atoms with E-state index in [9.17, 15) is 19.8 Å². The molecule has 5 rings (SSSR count). The van der Waals surface area contributed by atoms with Crippen molar-refractivity contribution in [3.05, 3.63) is 47.8 Å². The zero-order chi connectivity index (χ0) is 26.6. The van der Waals surface area contributed by atoms with E-state index in [4.69, 9.17) is 18.9 Å². The maximum atomic E-state index is 13.1. The van der Waals surface area contributed by atoms with Crippen molar-refractivity contribution in [1.29, 1.82) is 0 Å². The molecule has 1 aromatic rings. The van der Waals surface area contributed by atoms with Crippen molar-refractivity contribution < 1.29 is 38.7 Å². The fourth-order valence-electron chi connectivity index (χ4n) is 7.14. The van der Waals surface area contributed by atoms with Gasteiger partial charge in [0.15, 0.2) is 6.10 Å². The summed E-state index contributed by atoms with van der Waals surface area (Å²) in [6, 6.07) is 3.37. The van der Waals surface area contributed by atoms with Crippen LogP contribution in [0.4, 0.5) is 0 Å². The van der Waals surface area contributed by atoms with Crippen LogP contribution in [0.3, 0.4) is 0 Å². The zero-order valence-electron chi connectivity index (χ0n) is 21.9. The second kappa shape index (κ2) is 9.69. The predicted molar refractivity (Wildman–Crippen MR) is 132 cm³/mol. The molecule has 37 heavy (non-hydrogen) atoms. The monoisotopic (exact) mass is 515 g/mol. The summed E-state index contributed by atoms with van der Waals surface area (Å²) in [5, 5.41) is 22.1. The lowest BCUT2D eigenvalue weighted by atomic mass is 9.57. The second-order valence-electron chi connectivity index (χ2n) is 11.1. The number of rotatable bonds is 4. The molecule has 2 aliphatic heterocycles. The number of aromatic amines is 1. The summed E-state index contributed by atoms with van der Waals surface area (Å²) in [5.41, 5.74) is 0.301. The van der Waals surface area contributed by atoms with E-state index in [1.807, 2.05) is 39.0 Å². The first-order valence-corrected chi connectivity index (χ1v) is 13.1. The number of aliphatic hydroxyl groups excluding tert-OH is 2. The number of hydrogen-bond donors (Lipinski definition) is 3. The predicted octanol–water partition coefficient (Wildman–Crippen LogP) is 2.40. The molecular formula is C28H37NO8. The topological polar surface area (TPSA) is 127 Å². The molecule has 1 saturated heterocycles. The van der Waals surface area contributed by atoms with Crippen LogP contribution in [0.25, 0.3) is 0 Å². The fourth-order valence-corrected chi connectivity index (χ4v) is 7.14. The molecule has 202 valence electrons. The lowest BCUT2D eigenvalue weighted by Gasteiger charge is -2.48. The number of hydrogen-bond acceptors (Lipinski definition) is 8. The van der Waals surface area contributed by atoms with E-state index >= 15 is 0 Å². The highest BCUT2D eigenvalue weighted by Gasteiger charge is 2.69. The van der Waals surface area contributed by atoms with Gasteiger partial charge in [-0.3, -0.25) is 0 Å². The molecular weight excluding hydrogens is 478 g/mol. The van der Waals surface area contributed by atoms with Gasteiger partial charge in [-0.05, 0) is 38.0 Å². The van der Waals surface area contributed by atoms with Gasteiger partial charge in [0.05, 0.1) is 12.2 Å². The Morgan fingerprint density at radius 2 is 2.05 bits per heavy atom. The minimum Gasteiger partial charge on any atom is -0.457 e. The molecule has 2 fully saturated rings. The maximum absolute atomic E-state index is 13.1. The van der Waals surface area contributed by atoms with E-state index < -0.39 is 54.2 Å². The lowest BCUT2D eigenvalue weighted by Crippen LogP contribution is -2.57. The Morgan fingerprint density at radius 1 is 1.30 bits per heavy atom. The van der Waals surface area contributed by atoms with Crippen LogP contribution < -0.4 is 0 Å². The number of H-pyrrole nitrogens is 1. The van der Waals surface area contributed by atoms with Gasteiger partial charge in [-0.25, -0.2) is 9.59 Å². The number of nitrogens with one attached hydrogen (secondary N) is 1. The van der Waals surface area contributed by atoms with E-state index in [1.54, 1.807) is 25.3 Å². The third-order valence-corrected chi connectivity index (χ3v) is 8.94. The average molecular weight is 516 g/mol. The van der Waals surface area contributed by atoms with Crippen molar-refractivity contribution in [3.8, 4) is 0 Å². The Balaban J connectivity index is 1.58. The molecule has 12 atom stereocenters. The number of ether oxygens (including phenoxy) is 4. The molecule has 9 heteroatoms. The van der Waals surface area contributed by atoms with Crippen molar-refractivity contribution in [3.63, 3.8) is 0 Å². The van der Waals surface area contributed by atoms with E-state index in [-0.39, 0.29) is 36.0 Å². The second-order valence-corrected chi connectivity index (χ2v) is 11.1. The van der Waals surface area contributed by atoms with Crippen molar-refractivity contribution in [2.24, 2.45) is 29.6 Å². The van der Waals surface area contributed by atoms with Crippen LogP contribution >= 0.6 is 0 Å². The highest BCUT2D eigenvalue weighted by Crippen LogP contribution is 2.61. The number of carbonyl (C=O) groups excluding carboxylic acids is 2. The van der Waals surface area contributed by atoms with Crippen LogP contribution in [0.1, 0.15) is 44.6 Å². The molecule has 3 heterocycles. The molecule has 0 radical (unpaired) electrons. The Bertz CT molecular complexity index is 1080. The van der Waals surface area contributed by atoms with Crippen molar-refractivity contribution >= 4 is 11.9 Å². The molecule has 3 N–H and O–H groups in total. The zero-order valence-corrected chi connectivity index (χ0v) is 21.9. The van der Waals surface area contributed by atoms with Crippen molar-refractivity contribution in [1.82, 2.24) is 4.98 Å². The fraction of sp³-hybridized carbons (Fsp3) is 0.643. The van der Waals surface area contributed by atoms with Gasteiger partial charge in [-0.15, -0.1) is 0 Å². The maximum Gasteiger partial charge on any atom is 0.355 e. The van der Waals surface area contributed by atoms with Crippen molar-refractivity contribution in [2.75, 3.05) is 7.11 Å². The number of aromatic nitrogens is 1. The van der Waals surface area contributed by atoms with Gasteiger partial charge in [0.1, 0.15) is 29.6 Å². The van der Waals surface area contributed by atoms with Gasteiger partial charge in [0.25, 0.3) is 0 Å². The number of cyclic esters (lactones) is 1. The first-order valence-electron chi connectivity index (χ1n) is 13.1. The van der Waals surface area contributed by atoms with Gasteiger partial charge >= 0.3 is 11.9 Å². The van der Waals surface area contributed by atoms with Gasteiger partial charge in [0, 0.05) is 42.9 Å². The Hall–Kier alpha value is -2.46. The van der Waals surface area contributed by atoms with Crippen LogP contribution in [-0.2, 0) is 23.7 Å². The van der Waals surface area contributed by atoms with Crippen LogP contribution in [-0.4, -0.2) is 76.5 Å². The average Bonchev–Trinajstić information content (AvgIpc) is 3.46. The molecule has 4 bridgehead atoms. The minimum absolute atomic E-state index is 0.175. The molecule has 1 saturated carbocycles. The molecule has 0 unspecified atom stereocenters. The van der Waals surface area contributed by atoms with Crippen LogP contribution in [0.15, 0.2) is 42.1 Å². The molecule has 4 aliphatic rings. The summed E-state index contributed by atoms with van der Waals surface area (Å²) in [4.78, 5) is 28.8. The van der Waals surface area contributed by atoms with E-state index in [0.29, 0.717) is 5.69 Å². The number of methoxy groups -OCH3 is 1.